The number of ether oxygens (including phenoxy) is 2. The first-order valence-electron chi connectivity index (χ1n) is 7.26. The number of benzene rings is 2. The van der Waals surface area contributed by atoms with Crippen LogP contribution in [-0.2, 0) is 4.74 Å². The molecule has 24 heavy (non-hydrogen) atoms. The Hall–Kier alpha value is -2.80. The Balaban J connectivity index is 1.85. The molecular weight excluding hydrogens is 316 g/mol. The van der Waals surface area contributed by atoms with Crippen molar-refractivity contribution < 1.29 is 18.3 Å². The number of fused-ring (bicyclic) bond motifs is 1. The second kappa shape index (κ2) is 7.18. The summed E-state index contributed by atoms with van der Waals surface area (Å²) in [5, 5.41) is 3.16. The molecule has 1 aromatic heterocycles. The van der Waals surface area contributed by atoms with Crippen LogP contribution in [0, 0.1) is 11.6 Å². The molecule has 1 N–H and O–H groups in total. The molecule has 0 aliphatic carbocycles. The van der Waals surface area contributed by atoms with Gasteiger partial charge in [0.2, 0.25) is 0 Å². The highest BCUT2D eigenvalue weighted by atomic mass is 19.1. The van der Waals surface area contributed by atoms with Crippen LogP contribution < -0.4 is 10.1 Å². The van der Waals surface area contributed by atoms with Crippen molar-refractivity contribution in [1.82, 2.24) is 9.97 Å². The van der Waals surface area contributed by atoms with Gasteiger partial charge in [-0.3, -0.25) is 0 Å². The number of halogens is 2. The molecular formula is C17H15F2N3O2. The number of nitrogens with one attached hydrogen (secondary N) is 1. The van der Waals surface area contributed by atoms with E-state index in [4.69, 9.17) is 9.47 Å². The maximum atomic E-state index is 14.1. The minimum absolute atomic E-state index is 0.122. The van der Waals surface area contributed by atoms with E-state index in [2.05, 4.69) is 15.3 Å². The summed E-state index contributed by atoms with van der Waals surface area (Å²) in [5.41, 5.74) is 0.891. The average molecular weight is 331 g/mol. The number of anilines is 2. The zero-order chi connectivity index (χ0) is 16.9. The second-order valence-corrected chi connectivity index (χ2v) is 4.97. The van der Waals surface area contributed by atoms with E-state index in [-0.39, 0.29) is 23.6 Å². The summed E-state index contributed by atoms with van der Waals surface area (Å²) in [6, 6.07) is 8.95. The Morgan fingerprint density at radius 3 is 2.71 bits per heavy atom. The molecule has 0 spiro atoms. The Kier molecular flexibility index (Phi) is 4.81. The molecule has 0 aliphatic heterocycles. The minimum Gasteiger partial charge on any atom is -0.488 e. The van der Waals surface area contributed by atoms with Crippen molar-refractivity contribution in [2.45, 2.75) is 0 Å². The van der Waals surface area contributed by atoms with Gasteiger partial charge in [0, 0.05) is 18.9 Å². The third kappa shape index (κ3) is 3.41. The summed E-state index contributed by atoms with van der Waals surface area (Å²) in [7, 11) is 1.54. The highest BCUT2D eigenvalue weighted by Gasteiger charge is 2.10. The van der Waals surface area contributed by atoms with Crippen LogP contribution in [0.1, 0.15) is 0 Å². The van der Waals surface area contributed by atoms with E-state index in [9.17, 15) is 8.78 Å². The van der Waals surface area contributed by atoms with Crippen molar-refractivity contribution in [2.75, 3.05) is 25.6 Å². The van der Waals surface area contributed by atoms with Crippen molar-refractivity contribution in [3.05, 3.63) is 54.4 Å². The number of nitrogens with zero attached hydrogens (tertiary/aromatic N) is 2. The van der Waals surface area contributed by atoms with Gasteiger partial charge < -0.3 is 14.8 Å². The largest absolute Gasteiger partial charge is 0.488 e. The molecule has 3 rings (SSSR count). The molecule has 0 atom stereocenters. The van der Waals surface area contributed by atoms with E-state index < -0.39 is 11.6 Å². The molecule has 2 aromatic carbocycles. The molecule has 0 fully saturated rings. The minimum atomic E-state index is -0.532. The van der Waals surface area contributed by atoms with Gasteiger partial charge in [-0.05, 0) is 24.3 Å². The monoisotopic (exact) mass is 331 g/mol. The molecule has 1 heterocycles. The highest BCUT2D eigenvalue weighted by molar-refractivity contribution is 5.91. The summed E-state index contributed by atoms with van der Waals surface area (Å²) >= 11 is 0. The summed E-state index contributed by atoms with van der Waals surface area (Å²) in [4.78, 5) is 8.06. The first kappa shape index (κ1) is 16.1. The lowest BCUT2D eigenvalue weighted by molar-refractivity contribution is 0.144. The molecule has 0 aliphatic rings. The van der Waals surface area contributed by atoms with Crippen LogP contribution in [-0.4, -0.2) is 30.3 Å². The van der Waals surface area contributed by atoms with Crippen molar-refractivity contribution in [3.63, 3.8) is 0 Å². The van der Waals surface area contributed by atoms with Crippen molar-refractivity contribution in [3.8, 4) is 5.75 Å². The van der Waals surface area contributed by atoms with E-state index in [1.165, 1.54) is 31.6 Å². The van der Waals surface area contributed by atoms with Gasteiger partial charge in [0.25, 0.3) is 0 Å². The smallest absolute Gasteiger partial charge is 0.167 e. The third-order valence-electron chi connectivity index (χ3n) is 3.35. The normalized spacial score (nSPS) is 10.8. The van der Waals surface area contributed by atoms with Gasteiger partial charge in [0.1, 0.15) is 24.6 Å². The Labute approximate surface area is 137 Å². The van der Waals surface area contributed by atoms with Gasteiger partial charge in [0.15, 0.2) is 11.6 Å². The average Bonchev–Trinajstić information content (AvgIpc) is 2.57. The Bertz CT molecular complexity index is 853. The van der Waals surface area contributed by atoms with E-state index in [0.717, 1.165) is 0 Å². The van der Waals surface area contributed by atoms with Gasteiger partial charge in [-0.25, -0.2) is 18.7 Å². The summed E-state index contributed by atoms with van der Waals surface area (Å²) in [6.07, 6.45) is 1.32. The van der Waals surface area contributed by atoms with Crippen LogP contribution in [0.25, 0.3) is 10.9 Å². The Morgan fingerprint density at radius 2 is 1.92 bits per heavy atom. The van der Waals surface area contributed by atoms with Gasteiger partial charge in [-0.15, -0.1) is 0 Å². The van der Waals surface area contributed by atoms with Crippen molar-refractivity contribution >= 4 is 22.4 Å². The lowest BCUT2D eigenvalue weighted by Crippen LogP contribution is -2.05. The van der Waals surface area contributed by atoms with Crippen LogP contribution in [0.4, 0.5) is 20.3 Å². The Morgan fingerprint density at radius 1 is 1.04 bits per heavy atom. The number of hydrogen-bond acceptors (Lipinski definition) is 5. The summed E-state index contributed by atoms with van der Waals surface area (Å²) in [5.74, 6) is -0.590. The van der Waals surface area contributed by atoms with Gasteiger partial charge in [-0.2, -0.15) is 0 Å². The number of rotatable bonds is 6. The predicted molar refractivity (Wildman–Crippen MR) is 86.5 cm³/mol. The van der Waals surface area contributed by atoms with Crippen LogP contribution in [0.3, 0.4) is 0 Å². The van der Waals surface area contributed by atoms with Gasteiger partial charge in [0.05, 0.1) is 17.5 Å². The van der Waals surface area contributed by atoms with Crippen LogP contribution in [0.2, 0.25) is 0 Å². The van der Waals surface area contributed by atoms with Crippen LogP contribution in [0.15, 0.2) is 42.7 Å². The van der Waals surface area contributed by atoms with Crippen molar-refractivity contribution in [2.24, 2.45) is 0 Å². The maximum absolute atomic E-state index is 14.1. The zero-order valence-corrected chi connectivity index (χ0v) is 12.9. The second-order valence-electron chi connectivity index (χ2n) is 4.97. The van der Waals surface area contributed by atoms with Gasteiger partial charge in [-0.1, -0.05) is 6.07 Å². The van der Waals surface area contributed by atoms with E-state index in [0.29, 0.717) is 17.8 Å². The summed E-state index contributed by atoms with van der Waals surface area (Å²) in [6.45, 7) is 0.619. The molecule has 0 saturated carbocycles. The fourth-order valence-corrected chi connectivity index (χ4v) is 2.23. The predicted octanol–water partition coefficient (Wildman–Crippen LogP) is 3.68. The lowest BCUT2D eigenvalue weighted by atomic mass is 10.2. The first-order valence-corrected chi connectivity index (χ1v) is 7.26. The molecule has 3 aromatic rings. The molecule has 7 heteroatoms. The third-order valence-corrected chi connectivity index (χ3v) is 3.35. The van der Waals surface area contributed by atoms with E-state index in [1.807, 2.05) is 0 Å². The van der Waals surface area contributed by atoms with Crippen LogP contribution >= 0.6 is 0 Å². The standard InChI is InChI=1S/C17H15F2N3O2/c1-23-7-8-24-15-6-5-11(9-13(15)19)22-17-16-12(18)3-2-4-14(16)20-10-21-17/h2-6,9-10H,7-8H2,1H3,(H,20,21,22). The molecule has 0 radical (unpaired) electrons. The quantitative estimate of drug-likeness (QED) is 0.698. The molecule has 0 unspecified atom stereocenters. The zero-order valence-electron chi connectivity index (χ0n) is 12.9. The highest BCUT2D eigenvalue weighted by Crippen LogP contribution is 2.27. The number of aromatic nitrogens is 2. The molecule has 124 valence electrons. The topological polar surface area (TPSA) is 56.3 Å². The molecule has 0 saturated heterocycles. The van der Waals surface area contributed by atoms with E-state index >= 15 is 0 Å². The number of hydrogen-bond donors (Lipinski definition) is 1. The van der Waals surface area contributed by atoms with Gasteiger partial charge >= 0.3 is 0 Å². The maximum Gasteiger partial charge on any atom is 0.167 e. The molecule has 0 bridgehead atoms. The van der Waals surface area contributed by atoms with E-state index in [1.54, 1.807) is 18.2 Å². The molecule has 5 nitrogen and oxygen atoms in total. The molecule has 0 amide bonds. The fraction of sp³-hybridized carbons (Fsp3) is 0.176. The summed E-state index contributed by atoms with van der Waals surface area (Å²) < 4.78 is 38.2. The van der Waals surface area contributed by atoms with Crippen molar-refractivity contribution in [1.29, 1.82) is 0 Å². The SMILES string of the molecule is COCCOc1ccc(Nc2ncnc3cccc(F)c23)cc1F. The fourth-order valence-electron chi connectivity index (χ4n) is 2.23. The lowest BCUT2D eigenvalue weighted by Gasteiger charge is -2.11. The van der Waals surface area contributed by atoms with Crippen LogP contribution in [0.5, 0.6) is 5.75 Å². The number of methoxy groups -OCH3 is 1. The first-order chi connectivity index (χ1) is 11.7.